The van der Waals surface area contributed by atoms with Crippen LogP contribution in [0.15, 0.2) is 0 Å². The monoisotopic (exact) mass is 1020 g/mol. The molecule has 0 saturated carbocycles. The average molecular weight is 1020 g/mol. The van der Waals surface area contributed by atoms with E-state index < -0.39 is 116 Å². The maximum atomic E-state index is 11.9. The highest BCUT2D eigenvalue weighted by Gasteiger charge is 2.38. The fourth-order valence-electron chi connectivity index (χ4n) is 3.04. The Morgan fingerprint density at radius 3 is 1.17 bits per heavy atom. The number of alkyl carbamates (subject to hydrolysis) is 1. The molecular formula is C29H59Cl4N3O19S4. The zero-order chi connectivity index (χ0) is 45.7. The summed E-state index contributed by atoms with van der Waals surface area (Å²) in [5.74, 6) is -4.44. The minimum absolute atomic E-state index is 0. The molecule has 0 fully saturated rings. The Bertz CT molecular complexity index is 1650. The highest BCUT2D eigenvalue weighted by Crippen LogP contribution is 2.12. The van der Waals surface area contributed by atoms with E-state index >= 15 is 0 Å². The van der Waals surface area contributed by atoms with Gasteiger partial charge in [-0.2, -0.15) is 16.8 Å². The summed E-state index contributed by atoms with van der Waals surface area (Å²) in [5, 5.41) is 11.5. The molecule has 0 aromatic carbocycles. The van der Waals surface area contributed by atoms with Crippen LogP contribution < -0.4 is 16.8 Å². The lowest BCUT2D eigenvalue weighted by Gasteiger charge is -2.28. The van der Waals surface area contributed by atoms with Crippen LogP contribution in [0, 0.1) is 0 Å². The van der Waals surface area contributed by atoms with Gasteiger partial charge in [-0.1, -0.05) is 0 Å². The number of amides is 1. The summed E-state index contributed by atoms with van der Waals surface area (Å²) >= 11 is 0. The molecule has 0 aliphatic heterocycles. The molecule has 356 valence electrons. The van der Waals surface area contributed by atoms with Gasteiger partial charge in [0, 0.05) is 21.4 Å². The van der Waals surface area contributed by atoms with Crippen molar-refractivity contribution in [1.29, 1.82) is 0 Å². The largest absolute Gasteiger partial charge is 0.465 e. The number of halogens is 4. The van der Waals surface area contributed by atoms with Crippen molar-refractivity contribution in [3.8, 4) is 0 Å². The molecule has 0 rings (SSSR count). The Hall–Kier alpha value is -1.56. The standard InChI is InChI=1S/C15H30N2O10S2.C11H21NO5.C3H6Cl2O4S2.2ClH/c1-5-24-12(18)14(3,16)10-26-28(20,21)8-7-9-29(22,23)27-11-15(4,17)13(19)25-6-2;1-6-16-8(14)11(5,7-13)12-9(15)17-10(2,3)4;4-10(6,7)2-1-3-11(5,8)9;;/h5-11,16-17H2,1-4H3;13H,6-7H2,1-5H3,(H,12,15);1-3H2;2*1H. The van der Waals surface area contributed by atoms with Gasteiger partial charge >= 0.3 is 24.0 Å². The fraction of sp³-hybridized carbons (Fsp3) is 0.862. The number of nitrogens with two attached hydrogens (primary N) is 2. The van der Waals surface area contributed by atoms with Gasteiger partial charge in [-0.05, 0) is 75.2 Å². The molecular weight excluding hydrogens is 964 g/mol. The summed E-state index contributed by atoms with van der Waals surface area (Å²) in [7, 11) is -5.91. The first-order valence-electron chi connectivity index (χ1n) is 16.7. The van der Waals surface area contributed by atoms with Gasteiger partial charge in [-0.3, -0.25) is 8.37 Å². The summed E-state index contributed by atoms with van der Waals surface area (Å²) in [6, 6.07) is 0. The number of carbonyl (C=O) groups excluding carboxylic acids is 4. The molecule has 0 heterocycles. The van der Waals surface area contributed by atoms with E-state index in [1.54, 1.807) is 41.5 Å². The number of aliphatic hydroxyl groups excluding tert-OH is 1. The minimum atomic E-state index is -4.16. The summed E-state index contributed by atoms with van der Waals surface area (Å²) < 4.78 is 117. The molecule has 3 unspecified atom stereocenters. The van der Waals surface area contributed by atoms with Gasteiger partial charge < -0.3 is 40.8 Å². The zero-order valence-electron chi connectivity index (χ0n) is 34.1. The molecule has 0 aromatic rings. The van der Waals surface area contributed by atoms with Crippen LogP contribution in [-0.4, -0.2) is 148 Å². The van der Waals surface area contributed by atoms with E-state index in [-0.39, 0.29) is 69.0 Å². The zero-order valence-corrected chi connectivity index (χ0v) is 40.6. The lowest BCUT2D eigenvalue weighted by Crippen LogP contribution is -2.56. The third-order valence-corrected chi connectivity index (χ3v) is 11.0. The first-order chi connectivity index (χ1) is 25.4. The molecule has 0 spiro atoms. The van der Waals surface area contributed by atoms with Gasteiger partial charge in [0.1, 0.15) is 16.7 Å². The number of hydrogen-bond acceptors (Lipinski definition) is 21. The van der Waals surface area contributed by atoms with Gasteiger partial charge in [0.2, 0.25) is 18.1 Å². The van der Waals surface area contributed by atoms with E-state index in [1.165, 1.54) is 20.8 Å². The molecule has 30 heteroatoms. The molecule has 0 aliphatic carbocycles. The maximum Gasteiger partial charge on any atom is 0.408 e. The van der Waals surface area contributed by atoms with E-state index in [9.17, 15) is 52.8 Å². The molecule has 0 bridgehead atoms. The molecule has 0 aliphatic rings. The lowest BCUT2D eigenvalue weighted by atomic mass is 10.1. The predicted octanol–water partition coefficient (Wildman–Crippen LogP) is 0.813. The Balaban J connectivity index is -0.000000274. The third kappa shape index (κ3) is 35.7. The van der Waals surface area contributed by atoms with Crippen LogP contribution in [0.25, 0.3) is 0 Å². The molecule has 0 aromatic heterocycles. The number of ether oxygens (including phenoxy) is 4. The lowest BCUT2D eigenvalue weighted by molar-refractivity contribution is -0.152. The van der Waals surface area contributed by atoms with Crippen molar-refractivity contribution >= 4 is 109 Å². The summed E-state index contributed by atoms with van der Waals surface area (Å²) in [6.07, 6.45) is -1.20. The maximum absolute atomic E-state index is 11.9. The SMILES string of the molecule is CCOC(=O)C(C)(CO)NC(=O)OC(C)(C)C.CCOC(=O)C(C)(N)COS(=O)(=O)CCCS(=O)(=O)OCC(C)(N)C(=O)OCC.Cl.Cl.O=S(=O)(Cl)CCCS(=O)(=O)Cl. The van der Waals surface area contributed by atoms with Gasteiger partial charge in [-0.25, -0.2) is 36.0 Å². The fourth-order valence-corrected chi connectivity index (χ4v) is 7.12. The Morgan fingerprint density at radius 2 is 0.898 bits per heavy atom. The molecule has 1 amide bonds. The van der Waals surface area contributed by atoms with Crippen molar-refractivity contribution in [2.45, 2.75) is 97.4 Å². The number of aliphatic hydroxyl groups is 1. The Labute approximate surface area is 368 Å². The molecule has 22 nitrogen and oxygen atoms in total. The molecule has 0 radical (unpaired) electrons. The van der Waals surface area contributed by atoms with E-state index in [4.69, 9.17) is 56.9 Å². The van der Waals surface area contributed by atoms with Crippen molar-refractivity contribution in [1.82, 2.24) is 5.32 Å². The van der Waals surface area contributed by atoms with Crippen molar-refractivity contribution in [2.75, 3.05) is 62.7 Å². The van der Waals surface area contributed by atoms with Crippen LogP contribution in [0.1, 0.15) is 75.2 Å². The smallest absolute Gasteiger partial charge is 0.408 e. The molecule has 6 N–H and O–H groups in total. The number of hydrogen-bond donors (Lipinski definition) is 4. The van der Waals surface area contributed by atoms with E-state index in [0.29, 0.717) is 0 Å². The van der Waals surface area contributed by atoms with Crippen LogP contribution in [0.5, 0.6) is 0 Å². The van der Waals surface area contributed by atoms with Crippen LogP contribution in [0.4, 0.5) is 4.79 Å². The summed E-state index contributed by atoms with van der Waals surface area (Å²) in [6.45, 7) is 12.1. The van der Waals surface area contributed by atoms with Gasteiger partial charge in [0.05, 0.1) is 62.7 Å². The van der Waals surface area contributed by atoms with Crippen molar-refractivity contribution in [2.24, 2.45) is 11.5 Å². The first kappa shape index (κ1) is 66.5. The van der Waals surface area contributed by atoms with Gasteiger partial charge in [-0.15, -0.1) is 24.8 Å². The topological polar surface area (TPSA) is 345 Å². The van der Waals surface area contributed by atoms with Crippen molar-refractivity contribution < 1.29 is 85.3 Å². The number of carbonyl (C=O) groups is 4. The third-order valence-electron chi connectivity index (χ3n) is 5.94. The number of esters is 3. The Morgan fingerprint density at radius 1 is 0.593 bits per heavy atom. The van der Waals surface area contributed by atoms with Crippen LogP contribution in [0.3, 0.4) is 0 Å². The van der Waals surface area contributed by atoms with E-state index in [2.05, 4.69) is 13.7 Å². The summed E-state index contributed by atoms with van der Waals surface area (Å²) in [4.78, 5) is 46.3. The molecule has 0 saturated heterocycles. The second-order valence-corrected chi connectivity index (χ2v) is 22.7. The van der Waals surface area contributed by atoms with Gasteiger partial charge in [0.15, 0.2) is 5.54 Å². The second-order valence-electron chi connectivity index (χ2n) is 13.4. The highest BCUT2D eigenvalue weighted by molar-refractivity contribution is 8.14. The number of nitrogens with one attached hydrogen (secondary N) is 1. The average Bonchev–Trinajstić information content (AvgIpc) is 3.01. The molecule has 59 heavy (non-hydrogen) atoms. The second kappa shape index (κ2) is 28.9. The quantitative estimate of drug-likeness (QED) is 0.0504. The normalized spacial score (nSPS) is 14.8. The first-order valence-corrected chi connectivity index (χ1v) is 24.8. The van der Waals surface area contributed by atoms with Crippen LogP contribution in [-0.2, 0) is 80.0 Å². The molecule has 3 atom stereocenters. The summed E-state index contributed by atoms with van der Waals surface area (Å²) in [5.41, 5.74) is 5.77. The van der Waals surface area contributed by atoms with Crippen LogP contribution in [0.2, 0.25) is 0 Å². The number of rotatable bonds is 22. The van der Waals surface area contributed by atoms with Crippen LogP contribution >= 0.6 is 46.2 Å². The minimum Gasteiger partial charge on any atom is -0.465 e. The van der Waals surface area contributed by atoms with Crippen molar-refractivity contribution in [3.05, 3.63) is 0 Å². The Kier molecular flexibility index (Phi) is 32.6. The predicted molar refractivity (Wildman–Crippen MR) is 222 cm³/mol. The van der Waals surface area contributed by atoms with Gasteiger partial charge in [0.25, 0.3) is 20.2 Å². The van der Waals surface area contributed by atoms with E-state index in [1.807, 2.05) is 0 Å². The highest BCUT2D eigenvalue weighted by atomic mass is 35.7. The van der Waals surface area contributed by atoms with Crippen molar-refractivity contribution in [3.63, 3.8) is 0 Å². The van der Waals surface area contributed by atoms with E-state index in [0.717, 1.165) is 0 Å².